The lowest BCUT2D eigenvalue weighted by Crippen LogP contribution is -2.47. The summed E-state index contributed by atoms with van der Waals surface area (Å²) in [6, 6.07) is 8.81. The highest BCUT2D eigenvalue weighted by Crippen LogP contribution is 2.46. The van der Waals surface area contributed by atoms with Crippen molar-refractivity contribution in [2.24, 2.45) is 5.41 Å². The number of hydrogen-bond donors (Lipinski definition) is 2. The Morgan fingerprint density at radius 2 is 2.16 bits per heavy atom. The molecule has 5 heteroatoms. The number of benzene rings is 1. The third-order valence-corrected chi connectivity index (χ3v) is 5.88. The van der Waals surface area contributed by atoms with Gasteiger partial charge in [0.05, 0.1) is 6.10 Å². The Morgan fingerprint density at radius 3 is 2.96 bits per heavy atom. The maximum atomic E-state index is 8.36. The third kappa shape index (κ3) is 3.72. The van der Waals surface area contributed by atoms with E-state index in [0.717, 1.165) is 6.54 Å². The summed E-state index contributed by atoms with van der Waals surface area (Å²) in [5.74, 6) is 0. The number of fused-ring (bicyclic) bond motifs is 1. The average Bonchev–Trinajstić information content (AvgIpc) is 3.23. The van der Waals surface area contributed by atoms with Gasteiger partial charge in [-0.25, -0.2) is 0 Å². The highest BCUT2D eigenvalue weighted by Gasteiger charge is 2.45. The zero-order valence-corrected chi connectivity index (χ0v) is 14.9. The summed E-state index contributed by atoms with van der Waals surface area (Å²) < 4.78 is 5.83. The number of likely N-dealkylation sites (tertiary alicyclic amines) is 1. The van der Waals surface area contributed by atoms with Crippen LogP contribution in [0.15, 0.2) is 30.5 Å². The first-order valence-corrected chi connectivity index (χ1v) is 9.10. The van der Waals surface area contributed by atoms with Gasteiger partial charge in [0.15, 0.2) is 0 Å². The highest BCUT2D eigenvalue weighted by molar-refractivity contribution is 5.82. The molecule has 2 N–H and O–H groups in total. The molecule has 1 saturated heterocycles. The number of carbonyl (C=O) groups is 1. The number of aromatic nitrogens is 1. The molecule has 2 fully saturated rings. The van der Waals surface area contributed by atoms with Crippen LogP contribution in [-0.4, -0.2) is 47.8 Å². The lowest BCUT2D eigenvalue weighted by Gasteiger charge is -2.43. The van der Waals surface area contributed by atoms with E-state index < -0.39 is 0 Å². The fourth-order valence-corrected chi connectivity index (χ4v) is 4.86. The largest absolute Gasteiger partial charge is 0.483 e. The maximum absolute atomic E-state index is 8.36. The molecule has 25 heavy (non-hydrogen) atoms. The van der Waals surface area contributed by atoms with Crippen LogP contribution in [0.3, 0.4) is 0 Å². The molecule has 136 valence electrons. The van der Waals surface area contributed by atoms with E-state index in [0.29, 0.717) is 11.5 Å². The topological polar surface area (TPSA) is 65.6 Å². The van der Waals surface area contributed by atoms with Gasteiger partial charge in [0.2, 0.25) is 0 Å². The molecule has 1 spiro atoms. The summed E-state index contributed by atoms with van der Waals surface area (Å²) >= 11 is 0. The van der Waals surface area contributed by atoms with Gasteiger partial charge >= 0.3 is 0 Å². The molecule has 4 rings (SSSR count). The minimum Gasteiger partial charge on any atom is -0.483 e. The molecule has 0 radical (unpaired) electrons. The molecular weight excluding hydrogens is 316 g/mol. The Kier molecular flexibility index (Phi) is 5.76. The van der Waals surface area contributed by atoms with E-state index in [1.54, 1.807) is 0 Å². The van der Waals surface area contributed by atoms with Crippen LogP contribution in [0.25, 0.3) is 10.9 Å². The quantitative estimate of drug-likeness (QED) is 0.834. The summed E-state index contributed by atoms with van der Waals surface area (Å²) in [6.07, 6.45) is 9.09. The van der Waals surface area contributed by atoms with Gasteiger partial charge in [0.25, 0.3) is 6.47 Å². The Morgan fingerprint density at radius 1 is 1.36 bits per heavy atom. The fraction of sp³-hybridized carbons (Fsp3) is 0.550. The number of nitrogens with one attached hydrogen (secondary N) is 1. The van der Waals surface area contributed by atoms with E-state index in [2.05, 4.69) is 34.1 Å². The molecule has 2 heterocycles. The predicted molar refractivity (Wildman–Crippen MR) is 98.6 cm³/mol. The van der Waals surface area contributed by atoms with Crippen LogP contribution in [0.4, 0.5) is 0 Å². The maximum Gasteiger partial charge on any atom is 0.290 e. The first-order valence-electron chi connectivity index (χ1n) is 9.10. The average molecular weight is 344 g/mol. The van der Waals surface area contributed by atoms with Crippen molar-refractivity contribution in [2.75, 3.05) is 20.2 Å². The van der Waals surface area contributed by atoms with Crippen LogP contribution in [0.5, 0.6) is 0 Å². The van der Waals surface area contributed by atoms with Crippen molar-refractivity contribution in [3.05, 3.63) is 36.0 Å². The fourth-order valence-electron chi connectivity index (χ4n) is 4.86. The zero-order valence-electron chi connectivity index (χ0n) is 14.9. The van der Waals surface area contributed by atoms with Crippen molar-refractivity contribution in [1.82, 2.24) is 9.88 Å². The van der Waals surface area contributed by atoms with Crippen molar-refractivity contribution >= 4 is 17.4 Å². The monoisotopic (exact) mass is 344 g/mol. The first kappa shape index (κ1) is 18.0. The molecule has 1 aliphatic carbocycles. The summed E-state index contributed by atoms with van der Waals surface area (Å²) in [6.45, 7) is 3.23. The molecule has 1 aliphatic heterocycles. The summed E-state index contributed by atoms with van der Waals surface area (Å²) in [4.78, 5) is 14.3. The lowest BCUT2D eigenvalue weighted by atomic mass is 9.76. The van der Waals surface area contributed by atoms with E-state index in [1.807, 2.05) is 13.3 Å². The summed E-state index contributed by atoms with van der Waals surface area (Å²) in [5.41, 5.74) is 3.11. The number of hydrogen-bond acceptors (Lipinski definition) is 3. The van der Waals surface area contributed by atoms with Crippen LogP contribution in [0.2, 0.25) is 0 Å². The predicted octanol–water partition coefficient (Wildman–Crippen LogP) is 3.65. The third-order valence-electron chi connectivity index (χ3n) is 5.88. The van der Waals surface area contributed by atoms with Crippen molar-refractivity contribution in [3.63, 3.8) is 0 Å². The Bertz CT molecular complexity index is 699. The second-order valence-electron chi connectivity index (χ2n) is 7.25. The van der Waals surface area contributed by atoms with Gasteiger partial charge in [0.1, 0.15) is 0 Å². The molecule has 0 unspecified atom stereocenters. The molecule has 2 aromatic rings. The van der Waals surface area contributed by atoms with Crippen LogP contribution >= 0.6 is 0 Å². The van der Waals surface area contributed by atoms with Crippen LogP contribution in [0.1, 0.15) is 37.7 Å². The number of aromatic amines is 1. The van der Waals surface area contributed by atoms with Gasteiger partial charge in [-0.05, 0) is 49.9 Å². The minimum atomic E-state index is -0.250. The van der Waals surface area contributed by atoms with Crippen molar-refractivity contribution in [3.8, 4) is 0 Å². The number of methoxy groups -OCH3 is 1. The van der Waals surface area contributed by atoms with Crippen LogP contribution in [-0.2, 0) is 16.1 Å². The van der Waals surface area contributed by atoms with Gasteiger partial charge in [0, 0.05) is 42.7 Å². The Hall–Kier alpha value is -1.85. The molecule has 1 aromatic carbocycles. The second-order valence-corrected chi connectivity index (χ2v) is 7.25. The van der Waals surface area contributed by atoms with Crippen molar-refractivity contribution in [2.45, 2.75) is 44.8 Å². The second kappa shape index (κ2) is 8.02. The van der Waals surface area contributed by atoms with E-state index >= 15 is 0 Å². The van der Waals surface area contributed by atoms with Gasteiger partial charge in [-0.15, -0.1) is 0 Å². The van der Waals surface area contributed by atoms with Gasteiger partial charge < -0.3 is 14.8 Å². The molecule has 1 aromatic heterocycles. The SMILES string of the molecule is CO[C@@H]1CCC[C@]12CCCN(Cc1cccc3[nH]ccc13)C2.O=CO. The standard InChI is InChI=1S/C19H26N2O.CH2O2/c1-22-18-7-3-9-19(18)10-4-12-21(14-19)13-15-5-2-6-17-16(15)8-11-20-17;2-1-3/h2,5-6,8,11,18,20H,3-4,7,9-10,12-14H2,1H3;1H,(H,2,3)/t18-,19-;/m1./s1. The van der Waals surface area contributed by atoms with Gasteiger partial charge in [-0.1, -0.05) is 18.6 Å². The van der Waals surface area contributed by atoms with Crippen LogP contribution < -0.4 is 0 Å². The lowest BCUT2D eigenvalue weighted by molar-refractivity contribution is -0.122. The molecule has 2 atom stereocenters. The van der Waals surface area contributed by atoms with E-state index in [1.165, 1.54) is 61.7 Å². The molecule has 1 saturated carbocycles. The molecule has 0 bridgehead atoms. The van der Waals surface area contributed by atoms with E-state index in [4.69, 9.17) is 14.6 Å². The Labute approximate surface area is 149 Å². The number of carboxylic acid groups (broad SMARTS) is 1. The van der Waals surface area contributed by atoms with Gasteiger partial charge in [-0.2, -0.15) is 0 Å². The number of rotatable bonds is 3. The van der Waals surface area contributed by atoms with Crippen LogP contribution in [0, 0.1) is 5.41 Å². The number of H-pyrrole nitrogens is 1. The minimum absolute atomic E-state index is 0.250. The molecule has 5 nitrogen and oxygen atoms in total. The number of ether oxygens (including phenoxy) is 1. The first-order chi connectivity index (χ1) is 12.2. The van der Waals surface area contributed by atoms with Gasteiger partial charge in [-0.3, -0.25) is 9.69 Å². The Balaban J connectivity index is 0.000000569. The van der Waals surface area contributed by atoms with E-state index in [9.17, 15) is 0 Å². The molecule has 0 amide bonds. The van der Waals surface area contributed by atoms with Crippen molar-refractivity contribution in [1.29, 1.82) is 0 Å². The summed E-state index contributed by atoms with van der Waals surface area (Å²) in [7, 11) is 1.90. The van der Waals surface area contributed by atoms with Crippen molar-refractivity contribution < 1.29 is 14.6 Å². The normalized spacial score (nSPS) is 26.5. The number of piperidine rings is 1. The summed E-state index contributed by atoms with van der Waals surface area (Å²) in [5, 5.41) is 8.26. The highest BCUT2D eigenvalue weighted by atomic mass is 16.5. The number of nitrogens with zero attached hydrogens (tertiary/aromatic N) is 1. The molecular formula is C20H28N2O3. The van der Waals surface area contributed by atoms with E-state index in [-0.39, 0.29) is 6.47 Å². The zero-order chi connectivity index (χ0) is 17.7. The molecule has 2 aliphatic rings. The smallest absolute Gasteiger partial charge is 0.290 e.